The summed E-state index contributed by atoms with van der Waals surface area (Å²) in [7, 11) is 0. The number of nitriles is 1. The van der Waals surface area contributed by atoms with E-state index in [1.165, 1.54) is 17.4 Å². The van der Waals surface area contributed by atoms with E-state index in [0.717, 1.165) is 16.4 Å². The van der Waals surface area contributed by atoms with E-state index >= 15 is 0 Å². The normalized spacial score (nSPS) is 10.7. The summed E-state index contributed by atoms with van der Waals surface area (Å²) >= 11 is 1.49. The number of rotatable bonds is 6. The third kappa shape index (κ3) is 4.65. The molecule has 0 fully saturated rings. The highest BCUT2D eigenvalue weighted by atomic mass is 32.1. The Labute approximate surface area is 154 Å². The van der Waals surface area contributed by atoms with Gasteiger partial charge in [-0.3, -0.25) is 5.43 Å². The van der Waals surface area contributed by atoms with Crippen molar-refractivity contribution in [2.24, 2.45) is 5.10 Å². The molecule has 0 spiro atoms. The first kappa shape index (κ1) is 17.6. The third-order valence-electron chi connectivity index (χ3n) is 3.45. The number of aromatic nitrogens is 1. The van der Waals surface area contributed by atoms with Crippen LogP contribution in [0.5, 0.6) is 5.75 Å². The van der Waals surface area contributed by atoms with Crippen molar-refractivity contribution in [3.05, 3.63) is 76.0 Å². The highest BCUT2D eigenvalue weighted by molar-refractivity contribution is 7.13. The van der Waals surface area contributed by atoms with Gasteiger partial charge >= 0.3 is 0 Å². The molecule has 3 rings (SSSR count). The predicted molar refractivity (Wildman–Crippen MR) is 100.0 cm³/mol. The summed E-state index contributed by atoms with van der Waals surface area (Å²) in [5, 5.41) is 15.6. The molecule has 0 aliphatic carbocycles. The molecule has 0 saturated heterocycles. The molecular weight excluding hydrogens is 351 g/mol. The minimum Gasteiger partial charge on any atom is -0.489 e. The molecule has 0 saturated carbocycles. The van der Waals surface area contributed by atoms with Gasteiger partial charge in [0.1, 0.15) is 18.2 Å². The molecule has 3 aromatic rings. The summed E-state index contributed by atoms with van der Waals surface area (Å²) in [6.45, 7) is 2.02. The lowest BCUT2D eigenvalue weighted by molar-refractivity contribution is 0.300. The van der Waals surface area contributed by atoms with Crippen LogP contribution in [0, 0.1) is 24.1 Å². The minimum atomic E-state index is -0.448. The molecule has 7 heteroatoms. The van der Waals surface area contributed by atoms with Crippen molar-refractivity contribution in [1.29, 1.82) is 5.26 Å². The quantitative estimate of drug-likeness (QED) is 0.515. The molecule has 0 aliphatic heterocycles. The van der Waals surface area contributed by atoms with Crippen LogP contribution in [-0.2, 0) is 6.61 Å². The summed E-state index contributed by atoms with van der Waals surface area (Å²) in [6.07, 6.45) is 1.68. The van der Waals surface area contributed by atoms with E-state index in [1.54, 1.807) is 30.5 Å². The van der Waals surface area contributed by atoms with Crippen molar-refractivity contribution >= 4 is 22.7 Å². The number of ether oxygens (including phenoxy) is 1. The Morgan fingerprint density at radius 2 is 2.12 bits per heavy atom. The van der Waals surface area contributed by atoms with Crippen molar-refractivity contribution in [3.63, 3.8) is 0 Å². The smallest absolute Gasteiger partial charge is 0.203 e. The Morgan fingerprint density at radius 1 is 1.31 bits per heavy atom. The zero-order chi connectivity index (χ0) is 18.4. The highest BCUT2D eigenvalue weighted by Gasteiger charge is 2.04. The molecule has 1 N–H and O–H groups in total. The summed E-state index contributed by atoms with van der Waals surface area (Å²) < 4.78 is 19.4. The van der Waals surface area contributed by atoms with Crippen LogP contribution in [0.15, 0.2) is 52.9 Å². The van der Waals surface area contributed by atoms with Gasteiger partial charge in [-0.25, -0.2) is 9.37 Å². The fraction of sp³-hybridized carbons (Fsp3) is 0.105. The second-order valence-electron chi connectivity index (χ2n) is 5.44. The van der Waals surface area contributed by atoms with Crippen LogP contribution in [0.1, 0.15) is 22.4 Å². The molecule has 1 aromatic heterocycles. The molecule has 0 amide bonds. The number of aryl methyl sites for hydroxylation is 1. The summed E-state index contributed by atoms with van der Waals surface area (Å²) in [5.41, 5.74) is 5.40. The van der Waals surface area contributed by atoms with Gasteiger partial charge in [-0.15, -0.1) is 11.3 Å². The zero-order valence-corrected chi connectivity index (χ0v) is 14.8. The van der Waals surface area contributed by atoms with Crippen LogP contribution < -0.4 is 10.2 Å². The molecule has 130 valence electrons. The lowest BCUT2D eigenvalue weighted by atomic mass is 10.1. The van der Waals surface area contributed by atoms with Gasteiger partial charge in [-0.2, -0.15) is 10.4 Å². The van der Waals surface area contributed by atoms with Gasteiger partial charge < -0.3 is 4.74 Å². The lowest BCUT2D eigenvalue weighted by Crippen LogP contribution is -1.99. The van der Waals surface area contributed by atoms with Gasteiger partial charge in [0.05, 0.1) is 23.5 Å². The second kappa shape index (κ2) is 8.23. The molecule has 5 nitrogen and oxygen atoms in total. The van der Waals surface area contributed by atoms with E-state index in [0.29, 0.717) is 11.3 Å². The van der Waals surface area contributed by atoms with E-state index in [9.17, 15) is 4.39 Å². The molecule has 0 aliphatic rings. The van der Waals surface area contributed by atoms with Gasteiger partial charge in [0.2, 0.25) is 5.13 Å². The van der Waals surface area contributed by atoms with Crippen molar-refractivity contribution in [2.75, 3.05) is 5.43 Å². The summed E-state index contributed by atoms with van der Waals surface area (Å²) in [6, 6.07) is 13.5. The average Bonchev–Trinajstić information content (AvgIpc) is 3.07. The number of halogens is 1. The van der Waals surface area contributed by atoms with Crippen LogP contribution in [0.25, 0.3) is 0 Å². The Hall–Kier alpha value is -3.24. The van der Waals surface area contributed by atoms with E-state index in [4.69, 9.17) is 10.00 Å². The number of hydrazone groups is 1. The monoisotopic (exact) mass is 366 g/mol. The summed E-state index contributed by atoms with van der Waals surface area (Å²) in [4.78, 5) is 4.25. The van der Waals surface area contributed by atoms with Crippen LogP contribution in [0.2, 0.25) is 0 Å². The first-order chi connectivity index (χ1) is 12.6. The fourth-order valence-corrected chi connectivity index (χ4v) is 2.75. The van der Waals surface area contributed by atoms with Gasteiger partial charge in [-0.05, 0) is 48.9 Å². The largest absolute Gasteiger partial charge is 0.489 e. The topological polar surface area (TPSA) is 70.3 Å². The van der Waals surface area contributed by atoms with Crippen LogP contribution >= 0.6 is 11.3 Å². The SMILES string of the molecule is Cc1csc(NN=Cc2ccc(OCc3ccc(C#N)cc3F)cc2)n1. The number of hydrogen-bond acceptors (Lipinski definition) is 6. The van der Waals surface area contributed by atoms with E-state index in [-0.39, 0.29) is 12.2 Å². The number of hydrogen-bond donors (Lipinski definition) is 1. The van der Waals surface area contributed by atoms with E-state index in [2.05, 4.69) is 15.5 Å². The Balaban J connectivity index is 1.55. The molecule has 26 heavy (non-hydrogen) atoms. The van der Waals surface area contributed by atoms with Gasteiger partial charge in [0, 0.05) is 10.9 Å². The second-order valence-corrected chi connectivity index (χ2v) is 6.30. The first-order valence-corrected chi connectivity index (χ1v) is 8.64. The highest BCUT2D eigenvalue weighted by Crippen LogP contribution is 2.17. The maximum absolute atomic E-state index is 13.8. The van der Waals surface area contributed by atoms with Gasteiger partial charge in [0.15, 0.2) is 0 Å². The minimum absolute atomic E-state index is 0.0932. The van der Waals surface area contributed by atoms with Crippen molar-refractivity contribution in [1.82, 2.24) is 4.98 Å². The molecular formula is C19H15FN4OS. The molecule has 0 bridgehead atoms. The number of thiazole rings is 1. The number of benzene rings is 2. The predicted octanol–water partition coefficient (Wildman–Crippen LogP) is 4.49. The van der Waals surface area contributed by atoms with E-state index < -0.39 is 5.82 Å². The first-order valence-electron chi connectivity index (χ1n) is 7.76. The van der Waals surface area contributed by atoms with Gasteiger partial charge in [0.25, 0.3) is 0 Å². The number of nitrogens with one attached hydrogen (secondary N) is 1. The van der Waals surface area contributed by atoms with Crippen molar-refractivity contribution < 1.29 is 9.13 Å². The molecule has 0 unspecified atom stereocenters. The Morgan fingerprint density at radius 3 is 2.77 bits per heavy atom. The number of anilines is 1. The summed E-state index contributed by atoms with van der Waals surface area (Å²) in [5.74, 6) is 0.172. The van der Waals surface area contributed by atoms with Crippen LogP contribution in [-0.4, -0.2) is 11.2 Å². The molecule has 2 aromatic carbocycles. The Kier molecular flexibility index (Phi) is 5.56. The Bertz CT molecular complexity index is 960. The molecule has 0 atom stereocenters. The van der Waals surface area contributed by atoms with Crippen LogP contribution in [0.3, 0.4) is 0 Å². The number of nitrogens with zero attached hydrogens (tertiary/aromatic N) is 3. The zero-order valence-electron chi connectivity index (χ0n) is 13.9. The fourth-order valence-electron chi connectivity index (χ4n) is 2.11. The lowest BCUT2D eigenvalue weighted by Gasteiger charge is -2.07. The van der Waals surface area contributed by atoms with Crippen molar-refractivity contribution in [2.45, 2.75) is 13.5 Å². The average molecular weight is 366 g/mol. The maximum atomic E-state index is 13.8. The molecule has 0 radical (unpaired) electrons. The molecule has 1 heterocycles. The van der Waals surface area contributed by atoms with Crippen LogP contribution in [0.4, 0.5) is 9.52 Å². The third-order valence-corrected chi connectivity index (χ3v) is 4.31. The van der Waals surface area contributed by atoms with Gasteiger partial charge in [-0.1, -0.05) is 6.07 Å². The standard InChI is InChI=1S/C19H15FN4OS/c1-13-12-26-19(23-13)24-22-10-14-3-6-17(7-4-14)25-11-16-5-2-15(9-21)8-18(16)20/h2-8,10,12H,11H2,1H3,(H,23,24). The van der Waals surface area contributed by atoms with E-state index in [1.807, 2.05) is 30.5 Å². The maximum Gasteiger partial charge on any atom is 0.203 e. The van der Waals surface area contributed by atoms with Crippen molar-refractivity contribution in [3.8, 4) is 11.8 Å².